The number of nitrogens with two attached hydrogens (primary N) is 1. The van der Waals surface area contributed by atoms with Crippen molar-refractivity contribution in [2.75, 3.05) is 0 Å². The van der Waals surface area contributed by atoms with Gasteiger partial charge < -0.3 is 5.73 Å². The average molecular weight is 149 g/mol. The molecule has 0 bridgehead atoms. The molecule has 0 aromatic heterocycles. The summed E-state index contributed by atoms with van der Waals surface area (Å²) in [4.78, 5) is 0. The fourth-order valence-corrected chi connectivity index (χ4v) is 0.661. The van der Waals surface area contributed by atoms with E-state index >= 15 is 0 Å². The topological polar surface area (TPSA) is 73.6 Å². The molecule has 0 unspecified atom stereocenters. The summed E-state index contributed by atoms with van der Waals surface area (Å²) in [6, 6.07) is 3.51. The molecule has 58 valence electrons. The summed E-state index contributed by atoms with van der Waals surface area (Å²) in [5.41, 5.74) is 5.93. The van der Waals surface area contributed by atoms with E-state index in [0.29, 0.717) is 12.1 Å². The van der Waals surface area contributed by atoms with Crippen LogP contribution in [0.3, 0.4) is 0 Å². The van der Waals surface area contributed by atoms with Gasteiger partial charge in [-0.2, -0.15) is 10.5 Å². The molecule has 3 nitrogen and oxygen atoms in total. The van der Waals surface area contributed by atoms with Gasteiger partial charge in [0.15, 0.2) is 0 Å². The van der Waals surface area contributed by atoms with Crippen LogP contribution in [0.15, 0.2) is 11.3 Å². The van der Waals surface area contributed by atoms with Crippen LogP contribution in [0.2, 0.25) is 0 Å². The normalized spacial score (nSPS) is 7.91. The second-order valence-electron chi connectivity index (χ2n) is 2.23. The number of nitrogens with zero attached hydrogens (tertiary/aromatic N) is 2. The third-order valence-corrected chi connectivity index (χ3v) is 1.34. The van der Waals surface area contributed by atoms with Gasteiger partial charge in [-0.15, -0.1) is 0 Å². The molecule has 0 aromatic carbocycles. The minimum atomic E-state index is 0.0541. The zero-order valence-electron chi connectivity index (χ0n) is 6.59. The van der Waals surface area contributed by atoms with Crippen LogP contribution in [0.4, 0.5) is 0 Å². The summed E-state index contributed by atoms with van der Waals surface area (Å²) in [6.45, 7) is 2.03. The molecule has 0 heterocycles. The van der Waals surface area contributed by atoms with Crippen LogP contribution in [0, 0.1) is 22.7 Å². The van der Waals surface area contributed by atoms with Crippen molar-refractivity contribution in [2.24, 2.45) is 5.73 Å². The van der Waals surface area contributed by atoms with Gasteiger partial charge in [0, 0.05) is 5.70 Å². The summed E-state index contributed by atoms with van der Waals surface area (Å²) < 4.78 is 0. The van der Waals surface area contributed by atoms with E-state index in [9.17, 15) is 0 Å². The molecular formula is C8H11N3. The number of hydrogen-bond donors (Lipinski definition) is 1. The molecule has 0 spiro atoms. The molecule has 3 heteroatoms. The van der Waals surface area contributed by atoms with Crippen LogP contribution in [0.1, 0.15) is 26.2 Å². The van der Waals surface area contributed by atoms with E-state index in [2.05, 4.69) is 0 Å². The van der Waals surface area contributed by atoms with Crippen LogP contribution in [0.25, 0.3) is 0 Å². The fourth-order valence-electron chi connectivity index (χ4n) is 0.661. The zero-order chi connectivity index (χ0) is 8.69. The lowest BCUT2D eigenvalue weighted by atomic mass is 10.1. The Morgan fingerprint density at radius 3 is 2.27 bits per heavy atom. The van der Waals surface area contributed by atoms with Crippen LogP contribution in [-0.4, -0.2) is 0 Å². The standard InChI is InChI=1S/C8H11N3/c1-2-3-4-8(11)7(5-9)6-10/h2-4,11H2,1H3. The molecule has 0 aliphatic heterocycles. The summed E-state index contributed by atoms with van der Waals surface area (Å²) in [6.07, 6.45) is 2.59. The third kappa shape index (κ3) is 3.27. The maximum absolute atomic E-state index is 8.39. The zero-order valence-corrected chi connectivity index (χ0v) is 6.59. The van der Waals surface area contributed by atoms with E-state index in [1.807, 2.05) is 6.92 Å². The lowest BCUT2D eigenvalue weighted by Crippen LogP contribution is -2.00. The molecule has 0 fully saturated rings. The predicted octanol–water partition coefficient (Wildman–Crippen LogP) is 1.44. The highest BCUT2D eigenvalue weighted by molar-refractivity contribution is 5.38. The Balaban J connectivity index is 4.19. The van der Waals surface area contributed by atoms with Gasteiger partial charge in [0.1, 0.15) is 17.7 Å². The van der Waals surface area contributed by atoms with Gasteiger partial charge in [0.2, 0.25) is 0 Å². The molecule has 0 aromatic rings. The molecule has 11 heavy (non-hydrogen) atoms. The van der Waals surface area contributed by atoms with Crippen molar-refractivity contribution >= 4 is 0 Å². The fraction of sp³-hybridized carbons (Fsp3) is 0.500. The van der Waals surface area contributed by atoms with Gasteiger partial charge in [0.05, 0.1) is 0 Å². The Labute approximate surface area is 66.7 Å². The summed E-state index contributed by atoms with van der Waals surface area (Å²) in [5, 5.41) is 16.8. The van der Waals surface area contributed by atoms with Crippen molar-refractivity contribution in [3.63, 3.8) is 0 Å². The highest BCUT2D eigenvalue weighted by Crippen LogP contribution is 2.05. The van der Waals surface area contributed by atoms with Crippen molar-refractivity contribution in [1.82, 2.24) is 0 Å². The molecular weight excluding hydrogens is 138 g/mol. The van der Waals surface area contributed by atoms with E-state index in [4.69, 9.17) is 16.3 Å². The first-order valence-corrected chi connectivity index (χ1v) is 3.55. The summed E-state index contributed by atoms with van der Waals surface area (Å²) in [5.74, 6) is 0. The third-order valence-electron chi connectivity index (χ3n) is 1.34. The number of unbranched alkanes of at least 4 members (excludes halogenated alkanes) is 1. The van der Waals surface area contributed by atoms with E-state index in [1.165, 1.54) is 0 Å². The molecule has 2 N–H and O–H groups in total. The van der Waals surface area contributed by atoms with E-state index in [-0.39, 0.29) is 5.57 Å². The number of hydrogen-bond acceptors (Lipinski definition) is 3. The first-order chi connectivity index (χ1) is 5.26. The van der Waals surface area contributed by atoms with Gasteiger partial charge in [-0.1, -0.05) is 13.3 Å². The summed E-state index contributed by atoms with van der Waals surface area (Å²) in [7, 11) is 0. The van der Waals surface area contributed by atoms with Crippen LogP contribution in [-0.2, 0) is 0 Å². The lowest BCUT2D eigenvalue weighted by Gasteiger charge is -1.97. The smallest absolute Gasteiger partial charge is 0.148 e. The van der Waals surface area contributed by atoms with Crippen molar-refractivity contribution in [1.29, 1.82) is 10.5 Å². The Hall–Kier alpha value is -1.48. The molecule has 0 saturated heterocycles. The van der Waals surface area contributed by atoms with Gasteiger partial charge in [-0.05, 0) is 12.8 Å². The Morgan fingerprint density at radius 2 is 1.91 bits per heavy atom. The highest BCUT2D eigenvalue weighted by atomic mass is 14.6. The van der Waals surface area contributed by atoms with E-state index < -0.39 is 0 Å². The molecule has 0 aliphatic carbocycles. The number of rotatable bonds is 3. The highest BCUT2D eigenvalue weighted by Gasteiger charge is 1.99. The Morgan fingerprint density at radius 1 is 1.36 bits per heavy atom. The van der Waals surface area contributed by atoms with E-state index in [1.54, 1.807) is 12.1 Å². The van der Waals surface area contributed by atoms with Crippen LogP contribution >= 0.6 is 0 Å². The first kappa shape index (κ1) is 9.52. The molecule has 0 radical (unpaired) electrons. The predicted molar refractivity (Wildman–Crippen MR) is 42.0 cm³/mol. The minimum absolute atomic E-state index is 0.0541. The molecule has 0 saturated carbocycles. The second-order valence-corrected chi connectivity index (χ2v) is 2.23. The maximum atomic E-state index is 8.39. The quantitative estimate of drug-likeness (QED) is 0.617. The largest absolute Gasteiger partial charge is 0.400 e. The first-order valence-electron chi connectivity index (χ1n) is 3.55. The minimum Gasteiger partial charge on any atom is -0.400 e. The molecule has 0 rings (SSSR count). The summed E-state index contributed by atoms with van der Waals surface area (Å²) >= 11 is 0. The maximum Gasteiger partial charge on any atom is 0.148 e. The van der Waals surface area contributed by atoms with Crippen molar-refractivity contribution < 1.29 is 0 Å². The molecule has 0 aliphatic rings. The number of nitriles is 2. The lowest BCUT2D eigenvalue weighted by molar-refractivity contribution is 0.779. The van der Waals surface area contributed by atoms with Gasteiger partial charge in [0.25, 0.3) is 0 Å². The molecule has 0 amide bonds. The van der Waals surface area contributed by atoms with Crippen molar-refractivity contribution in [3.8, 4) is 12.1 Å². The van der Waals surface area contributed by atoms with Crippen LogP contribution < -0.4 is 5.73 Å². The average Bonchev–Trinajstić information content (AvgIpc) is 2.03. The number of allylic oxidation sites excluding steroid dienone is 2. The Kier molecular flexibility index (Phi) is 4.60. The van der Waals surface area contributed by atoms with Crippen LogP contribution in [0.5, 0.6) is 0 Å². The monoisotopic (exact) mass is 149 g/mol. The van der Waals surface area contributed by atoms with Gasteiger partial charge >= 0.3 is 0 Å². The Bertz CT molecular complexity index is 211. The van der Waals surface area contributed by atoms with Gasteiger partial charge in [-0.25, -0.2) is 0 Å². The van der Waals surface area contributed by atoms with Crippen molar-refractivity contribution in [2.45, 2.75) is 26.2 Å². The van der Waals surface area contributed by atoms with E-state index in [0.717, 1.165) is 12.8 Å². The van der Waals surface area contributed by atoms with Crippen molar-refractivity contribution in [3.05, 3.63) is 11.3 Å². The SMILES string of the molecule is CCCCC(N)=C(C#N)C#N. The van der Waals surface area contributed by atoms with Gasteiger partial charge in [-0.3, -0.25) is 0 Å². The molecule has 0 atom stereocenters. The second kappa shape index (κ2) is 5.32.